The molecule has 3 rings (SSSR count). The second kappa shape index (κ2) is 3.86. The predicted octanol–water partition coefficient (Wildman–Crippen LogP) is 4.26. The molecule has 2 aromatic carbocycles. The van der Waals surface area contributed by atoms with Gasteiger partial charge in [-0.25, -0.2) is 0 Å². The summed E-state index contributed by atoms with van der Waals surface area (Å²) < 4.78 is 1.06. The van der Waals surface area contributed by atoms with Crippen LogP contribution in [0.1, 0.15) is 36.1 Å². The van der Waals surface area contributed by atoms with Crippen molar-refractivity contribution in [2.24, 2.45) is 0 Å². The van der Waals surface area contributed by atoms with E-state index < -0.39 is 0 Å². The Morgan fingerprint density at radius 2 is 1.83 bits per heavy atom. The van der Waals surface area contributed by atoms with Gasteiger partial charge in [0.2, 0.25) is 0 Å². The van der Waals surface area contributed by atoms with Gasteiger partial charge in [0.15, 0.2) is 0 Å². The van der Waals surface area contributed by atoms with Gasteiger partial charge >= 0.3 is 0 Å². The fourth-order valence-corrected chi connectivity index (χ4v) is 3.51. The van der Waals surface area contributed by atoms with Crippen LogP contribution in [0, 0.1) is 0 Å². The molecule has 0 saturated heterocycles. The van der Waals surface area contributed by atoms with Crippen molar-refractivity contribution < 1.29 is 0 Å². The van der Waals surface area contributed by atoms with Gasteiger partial charge in [0.25, 0.3) is 0 Å². The fraction of sp³-hybridized carbons (Fsp3) is 0.250. The molecule has 1 aliphatic carbocycles. The van der Waals surface area contributed by atoms with E-state index in [2.05, 4.69) is 60.1 Å². The summed E-state index contributed by atoms with van der Waals surface area (Å²) in [4.78, 5) is 0. The molecule has 0 radical (unpaired) electrons. The van der Waals surface area contributed by atoms with Crippen LogP contribution in [0.5, 0.6) is 0 Å². The molecule has 0 aromatic heterocycles. The van der Waals surface area contributed by atoms with Crippen LogP contribution in [0.3, 0.4) is 0 Å². The molecule has 0 bridgehead atoms. The van der Waals surface area contributed by atoms with Crippen LogP contribution in [0.2, 0.25) is 0 Å². The summed E-state index contributed by atoms with van der Waals surface area (Å²) in [5.41, 5.74) is 12.5. The highest BCUT2D eigenvalue weighted by Gasteiger charge is 2.33. The number of hydrogen-bond acceptors (Lipinski definition) is 1. The fourth-order valence-electron chi connectivity index (χ4n) is 3.03. The summed E-state index contributed by atoms with van der Waals surface area (Å²) in [6, 6.07) is 12.9. The Morgan fingerprint density at radius 3 is 2.61 bits per heavy atom. The summed E-state index contributed by atoms with van der Waals surface area (Å²) in [5, 5.41) is 0. The summed E-state index contributed by atoms with van der Waals surface area (Å²) in [7, 11) is 0. The van der Waals surface area contributed by atoms with Crippen LogP contribution >= 0.6 is 15.9 Å². The first-order chi connectivity index (χ1) is 8.50. The average molecular weight is 302 g/mol. The predicted molar refractivity (Wildman–Crippen MR) is 79.9 cm³/mol. The van der Waals surface area contributed by atoms with Crippen LogP contribution in [0.15, 0.2) is 40.9 Å². The van der Waals surface area contributed by atoms with Gasteiger partial charge in [0.1, 0.15) is 0 Å². The largest absolute Gasteiger partial charge is 0.398 e. The molecule has 0 amide bonds. The van der Waals surface area contributed by atoms with Crippen molar-refractivity contribution in [2.45, 2.75) is 25.7 Å². The molecule has 0 aliphatic heterocycles. The van der Waals surface area contributed by atoms with Gasteiger partial charge in [0, 0.05) is 22.0 Å². The zero-order valence-corrected chi connectivity index (χ0v) is 12.2. The Hall–Kier alpha value is -1.28. The summed E-state index contributed by atoms with van der Waals surface area (Å²) in [5.74, 6) is 0. The number of hydrogen-bond donors (Lipinski definition) is 1. The van der Waals surface area contributed by atoms with E-state index in [-0.39, 0.29) is 5.41 Å². The number of fused-ring (bicyclic) bond motifs is 2. The van der Waals surface area contributed by atoms with Crippen LogP contribution < -0.4 is 5.73 Å². The van der Waals surface area contributed by atoms with Crippen molar-refractivity contribution in [2.75, 3.05) is 5.73 Å². The molecule has 0 heterocycles. The van der Waals surface area contributed by atoms with Crippen LogP contribution in [-0.2, 0) is 11.8 Å². The normalized spacial score (nSPS) is 15.9. The lowest BCUT2D eigenvalue weighted by molar-refractivity contribution is 0.611. The maximum atomic E-state index is 6.19. The molecular formula is C16H16BrN. The van der Waals surface area contributed by atoms with Crippen LogP contribution in [-0.4, -0.2) is 0 Å². The molecule has 18 heavy (non-hydrogen) atoms. The monoisotopic (exact) mass is 301 g/mol. The number of rotatable bonds is 0. The Balaban J connectivity index is 2.31. The minimum Gasteiger partial charge on any atom is -0.398 e. The molecule has 1 aliphatic rings. The van der Waals surface area contributed by atoms with Gasteiger partial charge < -0.3 is 5.73 Å². The lowest BCUT2D eigenvalue weighted by atomic mass is 9.69. The first-order valence-corrected chi connectivity index (χ1v) is 6.96. The van der Waals surface area contributed by atoms with Gasteiger partial charge in [-0.05, 0) is 34.4 Å². The van der Waals surface area contributed by atoms with Gasteiger partial charge in [-0.3, -0.25) is 0 Å². The van der Waals surface area contributed by atoms with E-state index in [1.807, 2.05) is 6.07 Å². The van der Waals surface area contributed by atoms with Crippen LogP contribution in [0.4, 0.5) is 5.69 Å². The van der Waals surface area contributed by atoms with Crippen molar-refractivity contribution in [3.63, 3.8) is 0 Å². The molecule has 1 nitrogen and oxygen atoms in total. The van der Waals surface area contributed by atoms with E-state index in [0.717, 1.165) is 16.6 Å². The Kier molecular flexibility index (Phi) is 2.53. The van der Waals surface area contributed by atoms with Crippen molar-refractivity contribution in [1.82, 2.24) is 0 Å². The van der Waals surface area contributed by atoms with Crippen LogP contribution in [0.25, 0.3) is 0 Å². The SMILES string of the molecule is CC1(C)c2ccccc2Cc2c(N)cc(Br)cc21. The molecule has 0 atom stereocenters. The molecule has 2 heteroatoms. The minimum atomic E-state index is 0.0159. The maximum absolute atomic E-state index is 6.19. The van der Waals surface area contributed by atoms with Gasteiger partial charge in [0.05, 0.1) is 0 Å². The van der Waals surface area contributed by atoms with E-state index in [1.165, 1.54) is 22.3 Å². The topological polar surface area (TPSA) is 26.0 Å². The zero-order valence-electron chi connectivity index (χ0n) is 10.6. The van der Waals surface area contributed by atoms with E-state index in [9.17, 15) is 0 Å². The molecule has 0 spiro atoms. The average Bonchev–Trinajstić information content (AvgIpc) is 2.31. The Labute approximate surface area is 116 Å². The highest BCUT2D eigenvalue weighted by molar-refractivity contribution is 9.10. The number of halogens is 1. The number of nitrogen functional groups attached to an aromatic ring is 1. The highest BCUT2D eigenvalue weighted by atomic mass is 79.9. The molecular weight excluding hydrogens is 286 g/mol. The second-order valence-electron chi connectivity index (χ2n) is 5.48. The van der Waals surface area contributed by atoms with Crippen molar-refractivity contribution in [3.05, 3.63) is 63.1 Å². The first-order valence-electron chi connectivity index (χ1n) is 6.17. The third-order valence-corrected chi connectivity index (χ3v) is 4.44. The molecule has 0 saturated carbocycles. The lowest BCUT2D eigenvalue weighted by Gasteiger charge is -2.36. The summed E-state index contributed by atoms with van der Waals surface area (Å²) in [6.45, 7) is 4.55. The Bertz CT molecular complexity index is 629. The van der Waals surface area contributed by atoms with Crippen molar-refractivity contribution >= 4 is 21.6 Å². The second-order valence-corrected chi connectivity index (χ2v) is 6.40. The van der Waals surface area contributed by atoms with Gasteiger partial charge in [-0.2, -0.15) is 0 Å². The standard InChI is InChI=1S/C16H16BrN/c1-16(2)13-6-4-3-5-10(13)7-12-14(16)8-11(17)9-15(12)18/h3-6,8-9H,7,18H2,1-2H3. The number of nitrogens with two attached hydrogens (primary N) is 1. The van der Waals surface area contributed by atoms with Crippen molar-refractivity contribution in [1.29, 1.82) is 0 Å². The lowest BCUT2D eigenvalue weighted by Crippen LogP contribution is -2.27. The molecule has 2 aromatic rings. The van der Waals surface area contributed by atoms with E-state index >= 15 is 0 Å². The van der Waals surface area contributed by atoms with Gasteiger partial charge in [-0.15, -0.1) is 0 Å². The smallest absolute Gasteiger partial charge is 0.0364 e. The van der Waals surface area contributed by atoms with E-state index in [4.69, 9.17) is 5.73 Å². The third kappa shape index (κ3) is 1.59. The van der Waals surface area contributed by atoms with E-state index in [0.29, 0.717) is 0 Å². The molecule has 92 valence electrons. The minimum absolute atomic E-state index is 0.0159. The zero-order chi connectivity index (χ0) is 12.9. The molecule has 0 unspecified atom stereocenters. The molecule has 0 fully saturated rings. The first kappa shape index (κ1) is 11.8. The summed E-state index contributed by atoms with van der Waals surface area (Å²) >= 11 is 3.55. The third-order valence-electron chi connectivity index (χ3n) is 3.98. The van der Waals surface area contributed by atoms with E-state index in [1.54, 1.807) is 0 Å². The number of benzene rings is 2. The Morgan fingerprint density at radius 1 is 1.11 bits per heavy atom. The quantitative estimate of drug-likeness (QED) is 0.723. The summed E-state index contributed by atoms with van der Waals surface area (Å²) in [6.07, 6.45) is 0.939. The maximum Gasteiger partial charge on any atom is 0.0364 e. The molecule has 2 N–H and O–H groups in total. The van der Waals surface area contributed by atoms with Gasteiger partial charge in [-0.1, -0.05) is 54.0 Å². The van der Waals surface area contributed by atoms with Crippen molar-refractivity contribution in [3.8, 4) is 0 Å². The number of anilines is 1. The highest BCUT2D eigenvalue weighted by Crippen LogP contribution is 2.43.